The highest BCUT2D eigenvalue weighted by molar-refractivity contribution is 5.02. The van der Waals surface area contributed by atoms with Gasteiger partial charge in [-0.15, -0.1) is 6.42 Å². The van der Waals surface area contributed by atoms with Gasteiger partial charge in [0.1, 0.15) is 0 Å². The number of hydrazine groups is 1. The predicted molar refractivity (Wildman–Crippen MR) is 41.9 cm³/mol. The number of nitrogens with two attached hydrogens (primary N) is 1. The summed E-state index contributed by atoms with van der Waals surface area (Å²) in [5.41, 5.74) is 2.66. The molecule has 2 heteroatoms. The Morgan fingerprint density at radius 2 is 2.10 bits per heavy atom. The van der Waals surface area contributed by atoms with Gasteiger partial charge in [-0.25, -0.2) is 5.43 Å². The molecule has 56 valence electrons. The summed E-state index contributed by atoms with van der Waals surface area (Å²) in [5, 5.41) is 0. The molecule has 0 aromatic rings. The molecule has 1 aliphatic rings. The summed E-state index contributed by atoms with van der Waals surface area (Å²) < 4.78 is 0. The molecule has 10 heavy (non-hydrogen) atoms. The van der Waals surface area contributed by atoms with Crippen molar-refractivity contribution in [3.8, 4) is 12.3 Å². The van der Waals surface area contributed by atoms with Gasteiger partial charge >= 0.3 is 0 Å². The van der Waals surface area contributed by atoms with Crippen molar-refractivity contribution >= 4 is 0 Å². The molecule has 0 radical (unpaired) electrons. The fourth-order valence-corrected chi connectivity index (χ4v) is 1.61. The van der Waals surface area contributed by atoms with E-state index in [-0.39, 0.29) is 6.04 Å². The largest absolute Gasteiger partial charge is 0.270 e. The Kier molecular flexibility index (Phi) is 2.73. The Balaban J connectivity index is 2.38. The van der Waals surface area contributed by atoms with Crippen molar-refractivity contribution in [2.24, 2.45) is 11.8 Å². The SMILES string of the molecule is C#CC(NN)C1CCCC1. The molecule has 0 aliphatic heterocycles. The minimum atomic E-state index is 0.0995. The van der Waals surface area contributed by atoms with Gasteiger partial charge in [0.05, 0.1) is 6.04 Å². The van der Waals surface area contributed by atoms with Crippen LogP contribution in [0.3, 0.4) is 0 Å². The zero-order valence-corrected chi connectivity index (χ0v) is 6.14. The van der Waals surface area contributed by atoms with E-state index in [1.807, 2.05) is 0 Å². The topological polar surface area (TPSA) is 38.0 Å². The van der Waals surface area contributed by atoms with Gasteiger partial charge < -0.3 is 0 Å². The Morgan fingerprint density at radius 1 is 1.50 bits per heavy atom. The summed E-state index contributed by atoms with van der Waals surface area (Å²) >= 11 is 0. The van der Waals surface area contributed by atoms with Crippen LogP contribution in [0.4, 0.5) is 0 Å². The van der Waals surface area contributed by atoms with Crippen LogP contribution in [0.25, 0.3) is 0 Å². The van der Waals surface area contributed by atoms with Gasteiger partial charge in [0, 0.05) is 0 Å². The van der Waals surface area contributed by atoms with E-state index < -0.39 is 0 Å². The molecule has 0 saturated heterocycles. The van der Waals surface area contributed by atoms with Gasteiger partial charge in [-0.05, 0) is 18.8 Å². The third-order valence-electron chi connectivity index (χ3n) is 2.23. The average Bonchev–Trinajstić information content (AvgIpc) is 2.43. The number of terminal acetylenes is 1. The lowest BCUT2D eigenvalue weighted by Gasteiger charge is -2.15. The van der Waals surface area contributed by atoms with Crippen molar-refractivity contribution in [1.82, 2.24) is 5.43 Å². The summed E-state index contributed by atoms with van der Waals surface area (Å²) in [7, 11) is 0. The number of hydrogen-bond acceptors (Lipinski definition) is 2. The third kappa shape index (κ3) is 1.50. The maximum atomic E-state index is 5.27. The van der Waals surface area contributed by atoms with Gasteiger partial charge in [-0.3, -0.25) is 5.84 Å². The average molecular weight is 138 g/mol. The van der Waals surface area contributed by atoms with E-state index in [9.17, 15) is 0 Å². The van der Waals surface area contributed by atoms with Crippen LogP contribution in [0.1, 0.15) is 25.7 Å². The highest BCUT2D eigenvalue weighted by Gasteiger charge is 2.21. The van der Waals surface area contributed by atoms with Gasteiger partial charge in [0.15, 0.2) is 0 Å². The Morgan fingerprint density at radius 3 is 2.50 bits per heavy atom. The molecule has 0 heterocycles. The fourth-order valence-electron chi connectivity index (χ4n) is 1.61. The van der Waals surface area contributed by atoms with Crippen LogP contribution in [0.15, 0.2) is 0 Å². The zero-order valence-electron chi connectivity index (χ0n) is 6.14. The van der Waals surface area contributed by atoms with E-state index in [1.54, 1.807) is 0 Å². The van der Waals surface area contributed by atoms with Gasteiger partial charge in [0.25, 0.3) is 0 Å². The summed E-state index contributed by atoms with van der Waals surface area (Å²) in [6, 6.07) is 0.0995. The van der Waals surface area contributed by atoms with Crippen molar-refractivity contribution in [2.45, 2.75) is 31.7 Å². The highest BCUT2D eigenvalue weighted by atomic mass is 15.2. The standard InChI is InChI=1S/C8H14N2/c1-2-8(10-9)7-5-3-4-6-7/h1,7-8,10H,3-6,9H2. The number of nitrogens with one attached hydrogen (secondary N) is 1. The molecule has 1 rings (SSSR count). The van der Waals surface area contributed by atoms with Crippen LogP contribution in [0, 0.1) is 18.3 Å². The zero-order chi connectivity index (χ0) is 7.40. The molecule has 0 aromatic heterocycles. The normalized spacial score (nSPS) is 22.4. The van der Waals surface area contributed by atoms with Crippen molar-refractivity contribution < 1.29 is 0 Å². The van der Waals surface area contributed by atoms with Crippen LogP contribution in [-0.2, 0) is 0 Å². The summed E-state index contributed by atoms with van der Waals surface area (Å²) in [4.78, 5) is 0. The van der Waals surface area contributed by atoms with Crippen molar-refractivity contribution in [3.63, 3.8) is 0 Å². The van der Waals surface area contributed by atoms with Crippen molar-refractivity contribution in [2.75, 3.05) is 0 Å². The van der Waals surface area contributed by atoms with E-state index in [4.69, 9.17) is 12.3 Å². The second-order valence-electron chi connectivity index (χ2n) is 2.86. The summed E-state index contributed by atoms with van der Waals surface area (Å²) in [6.07, 6.45) is 10.4. The van der Waals surface area contributed by atoms with Crippen LogP contribution >= 0.6 is 0 Å². The lowest BCUT2D eigenvalue weighted by molar-refractivity contribution is 0.432. The van der Waals surface area contributed by atoms with E-state index in [2.05, 4.69) is 11.3 Å². The summed E-state index contributed by atoms with van der Waals surface area (Å²) in [6.45, 7) is 0. The first kappa shape index (κ1) is 7.59. The lowest BCUT2D eigenvalue weighted by atomic mass is 10.00. The van der Waals surface area contributed by atoms with Crippen LogP contribution in [0.5, 0.6) is 0 Å². The monoisotopic (exact) mass is 138 g/mol. The maximum Gasteiger partial charge on any atom is 0.0842 e. The van der Waals surface area contributed by atoms with Gasteiger partial charge in [0.2, 0.25) is 0 Å². The summed E-state index contributed by atoms with van der Waals surface area (Å²) in [5.74, 6) is 8.55. The molecule has 0 aromatic carbocycles. The first-order valence-corrected chi connectivity index (χ1v) is 3.80. The molecule has 3 N–H and O–H groups in total. The quantitative estimate of drug-likeness (QED) is 0.334. The fraction of sp³-hybridized carbons (Fsp3) is 0.750. The molecule has 0 spiro atoms. The molecule has 1 unspecified atom stereocenters. The minimum Gasteiger partial charge on any atom is -0.270 e. The van der Waals surface area contributed by atoms with E-state index in [0.29, 0.717) is 5.92 Å². The second-order valence-corrected chi connectivity index (χ2v) is 2.86. The minimum absolute atomic E-state index is 0.0995. The van der Waals surface area contributed by atoms with Crippen LogP contribution < -0.4 is 11.3 Å². The maximum absolute atomic E-state index is 5.27. The Bertz CT molecular complexity index is 131. The lowest BCUT2D eigenvalue weighted by Crippen LogP contribution is -2.38. The van der Waals surface area contributed by atoms with E-state index in [0.717, 1.165) is 0 Å². The first-order valence-electron chi connectivity index (χ1n) is 3.80. The van der Waals surface area contributed by atoms with Gasteiger partial charge in [-0.2, -0.15) is 0 Å². The Labute approximate surface area is 62.1 Å². The molecular formula is C8H14N2. The smallest absolute Gasteiger partial charge is 0.0842 e. The predicted octanol–water partition coefficient (Wildman–Crippen LogP) is 0.642. The third-order valence-corrected chi connectivity index (χ3v) is 2.23. The molecule has 1 saturated carbocycles. The molecule has 1 atom stereocenters. The second kappa shape index (κ2) is 3.60. The van der Waals surface area contributed by atoms with Gasteiger partial charge in [-0.1, -0.05) is 18.8 Å². The molecule has 1 aliphatic carbocycles. The molecule has 0 bridgehead atoms. The van der Waals surface area contributed by atoms with Crippen LogP contribution in [-0.4, -0.2) is 6.04 Å². The molecule has 2 nitrogen and oxygen atoms in total. The first-order chi connectivity index (χ1) is 4.88. The Hall–Kier alpha value is -0.520. The number of hydrogen-bond donors (Lipinski definition) is 2. The number of rotatable bonds is 2. The molecule has 1 fully saturated rings. The van der Waals surface area contributed by atoms with Crippen LogP contribution in [0.2, 0.25) is 0 Å². The van der Waals surface area contributed by atoms with E-state index in [1.165, 1.54) is 25.7 Å². The highest BCUT2D eigenvalue weighted by Crippen LogP contribution is 2.26. The van der Waals surface area contributed by atoms with Crippen molar-refractivity contribution in [1.29, 1.82) is 0 Å². The molecular weight excluding hydrogens is 124 g/mol. The molecule has 0 amide bonds. The van der Waals surface area contributed by atoms with Crippen molar-refractivity contribution in [3.05, 3.63) is 0 Å². The van der Waals surface area contributed by atoms with E-state index >= 15 is 0 Å².